The Morgan fingerprint density at radius 3 is 1.81 bits per heavy atom. The molecule has 0 radical (unpaired) electrons. The third kappa shape index (κ3) is 14.9. The molecule has 0 aliphatic carbocycles. The van der Waals surface area contributed by atoms with E-state index in [2.05, 4.69) is 6.92 Å². The summed E-state index contributed by atoms with van der Waals surface area (Å²) in [5.74, 6) is -2.05. The van der Waals surface area contributed by atoms with Crippen LogP contribution in [0.25, 0.3) is 11.1 Å². The third-order valence-electron chi connectivity index (χ3n) is 7.77. The smallest absolute Gasteiger partial charge is 0.313 e. The van der Waals surface area contributed by atoms with Crippen molar-refractivity contribution in [3.8, 4) is 11.1 Å². The van der Waals surface area contributed by atoms with E-state index in [9.17, 15) is 19.1 Å². The van der Waals surface area contributed by atoms with Crippen LogP contribution < -0.4 is 0 Å². The largest absolute Gasteiger partial charge is 0.463 e. The average molecular weight is 585 g/mol. The van der Waals surface area contributed by atoms with E-state index in [1.807, 2.05) is 30.3 Å². The van der Waals surface area contributed by atoms with Crippen LogP contribution in [-0.4, -0.2) is 36.4 Å². The molecular weight excluding hydrogens is 531 g/mol. The van der Waals surface area contributed by atoms with Crippen molar-refractivity contribution in [2.75, 3.05) is 13.2 Å². The molecular formula is C36H53FO5. The van der Waals surface area contributed by atoms with Gasteiger partial charge in [0, 0.05) is 12.0 Å². The fraction of sp³-hybridized carbons (Fsp3) is 0.611. The average Bonchev–Trinajstić information content (AvgIpc) is 3.00. The number of aliphatic hydroxyl groups excluding tert-OH is 1. The van der Waals surface area contributed by atoms with Crippen LogP contribution >= 0.6 is 0 Å². The lowest BCUT2D eigenvalue weighted by Crippen LogP contribution is -2.26. The molecule has 1 unspecified atom stereocenters. The summed E-state index contributed by atoms with van der Waals surface area (Å²) < 4.78 is 25.0. The number of benzene rings is 2. The van der Waals surface area contributed by atoms with Gasteiger partial charge in [-0.1, -0.05) is 139 Å². The number of esters is 2. The van der Waals surface area contributed by atoms with Crippen LogP contribution in [0, 0.1) is 5.82 Å². The first-order valence-electron chi connectivity index (χ1n) is 16.3. The monoisotopic (exact) mass is 584 g/mol. The molecule has 0 amide bonds. The van der Waals surface area contributed by atoms with Crippen LogP contribution in [0.3, 0.4) is 0 Å². The van der Waals surface area contributed by atoms with Crippen molar-refractivity contribution in [3.05, 3.63) is 59.9 Å². The van der Waals surface area contributed by atoms with Crippen LogP contribution in [-0.2, 0) is 19.1 Å². The van der Waals surface area contributed by atoms with Gasteiger partial charge in [-0.25, -0.2) is 4.39 Å². The van der Waals surface area contributed by atoms with Gasteiger partial charge >= 0.3 is 11.9 Å². The fourth-order valence-corrected chi connectivity index (χ4v) is 5.04. The molecule has 0 fully saturated rings. The third-order valence-corrected chi connectivity index (χ3v) is 7.77. The van der Waals surface area contributed by atoms with Crippen LogP contribution in [0.5, 0.6) is 0 Å². The minimum atomic E-state index is -1.11. The molecule has 5 nitrogen and oxygen atoms in total. The van der Waals surface area contributed by atoms with Crippen LogP contribution in [0.15, 0.2) is 48.5 Å². The van der Waals surface area contributed by atoms with E-state index in [1.165, 1.54) is 83.1 Å². The highest BCUT2D eigenvalue weighted by atomic mass is 19.1. The number of hydrogen-bond donors (Lipinski definition) is 1. The molecule has 6 heteroatoms. The van der Waals surface area contributed by atoms with Crippen LogP contribution in [0.1, 0.15) is 128 Å². The predicted molar refractivity (Wildman–Crippen MR) is 168 cm³/mol. The van der Waals surface area contributed by atoms with Crippen molar-refractivity contribution in [1.29, 1.82) is 0 Å². The van der Waals surface area contributed by atoms with Crippen molar-refractivity contribution in [1.82, 2.24) is 0 Å². The normalized spacial score (nSPS) is 12.6. The number of unbranched alkanes of at least 4 members (excludes halogenated alkanes) is 14. The van der Waals surface area contributed by atoms with Gasteiger partial charge in [0.2, 0.25) is 0 Å². The minimum absolute atomic E-state index is 0.223. The van der Waals surface area contributed by atoms with Gasteiger partial charge in [-0.2, -0.15) is 0 Å². The number of carbonyl (C=O) groups is 2. The van der Waals surface area contributed by atoms with E-state index in [1.54, 1.807) is 19.1 Å². The maximum atomic E-state index is 14.7. The first kappa shape index (κ1) is 35.5. The second-order valence-electron chi connectivity index (χ2n) is 11.5. The van der Waals surface area contributed by atoms with Gasteiger partial charge in [0.05, 0.1) is 5.92 Å². The Morgan fingerprint density at radius 2 is 1.26 bits per heavy atom. The predicted octanol–water partition coefficient (Wildman–Crippen LogP) is 9.31. The summed E-state index contributed by atoms with van der Waals surface area (Å²) in [4.78, 5) is 24.5. The summed E-state index contributed by atoms with van der Waals surface area (Å²) in [6, 6.07) is 13.9. The number of hydrogen-bond acceptors (Lipinski definition) is 5. The summed E-state index contributed by atoms with van der Waals surface area (Å²) >= 11 is 0. The maximum absolute atomic E-state index is 14.7. The lowest BCUT2D eigenvalue weighted by Gasteiger charge is -2.16. The van der Waals surface area contributed by atoms with Crippen LogP contribution in [0.2, 0.25) is 0 Å². The van der Waals surface area contributed by atoms with E-state index in [-0.39, 0.29) is 19.2 Å². The van der Waals surface area contributed by atoms with Crippen molar-refractivity contribution < 1.29 is 28.6 Å². The van der Waals surface area contributed by atoms with Gasteiger partial charge < -0.3 is 14.6 Å². The molecule has 0 aliphatic rings. The number of ether oxygens (including phenoxy) is 2. The number of rotatable bonds is 23. The Morgan fingerprint density at radius 1 is 0.738 bits per heavy atom. The molecule has 2 atom stereocenters. The van der Waals surface area contributed by atoms with Gasteiger partial charge in [-0.15, -0.1) is 0 Å². The molecule has 0 aromatic heterocycles. The summed E-state index contributed by atoms with van der Waals surface area (Å²) in [6.07, 6.45) is 18.2. The molecule has 0 bridgehead atoms. The summed E-state index contributed by atoms with van der Waals surface area (Å²) in [6.45, 7) is 3.37. The first-order valence-corrected chi connectivity index (χ1v) is 16.3. The molecule has 0 saturated heterocycles. The quantitative estimate of drug-likeness (QED) is 0.104. The molecule has 0 saturated carbocycles. The standard InChI is InChI=1S/C36H53FO5/c1-3-4-5-6-7-8-9-10-11-12-13-14-15-16-20-23-35(39)41-27-32(38)28-42-36(40)29(2)31-24-25-33(34(37)26-31)30-21-18-17-19-22-30/h17-19,21-22,24-26,29,32,38H,3-16,20,23,27-28H2,1-2H3/t29?,32-/m0/s1. The van der Waals surface area contributed by atoms with Gasteiger partial charge in [0.1, 0.15) is 25.1 Å². The SMILES string of the molecule is CCCCCCCCCCCCCCCCCC(=O)OC[C@H](O)COC(=O)C(C)c1ccc(-c2ccccc2)c(F)c1. The molecule has 0 spiro atoms. The lowest BCUT2D eigenvalue weighted by molar-refractivity contribution is -0.153. The summed E-state index contributed by atoms with van der Waals surface area (Å²) in [5.41, 5.74) is 1.71. The topological polar surface area (TPSA) is 72.8 Å². The zero-order chi connectivity index (χ0) is 30.4. The molecule has 2 aromatic rings. The zero-order valence-corrected chi connectivity index (χ0v) is 26.0. The maximum Gasteiger partial charge on any atom is 0.313 e. The number of halogens is 1. The number of aliphatic hydroxyl groups is 1. The fourth-order valence-electron chi connectivity index (χ4n) is 5.04. The highest BCUT2D eigenvalue weighted by Crippen LogP contribution is 2.27. The lowest BCUT2D eigenvalue weighted by atomic mass is 9.97. The first-order chi connectivity index (χ1) is 20.4. The number of carbonyl (C=O) groups excluding carboxylic acids is 2. The second kappa shape index (κ2) is 21.9. The van der Waals surface area contributed by atoms with Crippen molar-refractivity contribution in [3.63, 3.8) is 0 Å². The molecule has 1 N–H and O–H groups in total. The van der Waals surface area contributed by atoms with Gasteiger partial charge in [-0.3, -0.25) is 9.59 Å². The molecule has 2 rings (SSSR count). The second-order valence-corrected chi connectivity index (χ2v) is 11.5. The van der Waals surface area contributed by atoms with E-state index in [0.717, 1.165) is 24.8 Å². The molecule has 0 heterocycles. The molecule has 2 aromatic carbocycles. The van der Waals surface area contributed by atoms with E-state index in [0.29, 0.717) is 17.5 Å². The van der Waals surface area contributed by atoms with Crippen molar-refractivity contribution >= 4 is 11.9 Å². The highest BCUT2D eigenvalue weighted by molar-refractivity contribution is 5.78. The van der Waals surface area contributed by atoms with E-state index >= 15 is 0 Å². The highest BCUT2D eigenvalue weighted by Gasteiger charge is 2.20. The summed E-state index contributed by atoms with van der Waals surface area (Å²) in [5, 5.41) is 10.1. The van der Waals surface area contributed by atoms with E-state index < -0.39 is 23.8 Å². The van der Waals surface area contributed by atoms with Crippen LogP contribution in [0.4, 0.5) is 4.39 Å². The van der Waals surface area contributed by atoms with Gasteiger partial charge in [0.25, 0.3) is 0 Å². The Hall–Kier alpha value is -2.73. The van der Waals surface area contributed by atoms with E-state index in [4.69, 9.17) is 9.47 Å². The molecule has 42 heavy (non-hydrogen) atoms. The Labute approximate surface area is 253 Å². The molecule has 0 aliphatic heterocycles. The zero-order valence-electron chi connectivity index (χ0n) is 26.0. The Kier molecular flexibility index (Phi) is 18.5. The van der Waals surface area contributed by atoms with Crippen molar-refractivity contribution in [2.45, 2.75) is 129 Å². The van der Waals surface area contributed by atoms with Crippen molar-refractivity contribution in [2.24, 2.45) is 0 Å². The van der Waals surface area contributed by atoms with Gasteiger partial charge in [-0.05, 0) is 30.5 Å². The Balaban J connectivity index is 1.48. The molecule has 234 valence electrons. The minimum Gasteiger partial charge on any atom is -0.463 e. The Bertz CT molecular complexity index is 1010. The van der Waals surface area contributed by atoms with Gasteiger partial charge in [0.15, 0.2) is 0 Å². The summed E-state index contributed by atoms with van der Waals surface area (Å²) in [7, 11) is 0.